The largest absolute Gasteiger partial charge is 0.435 e. The first-order chi connectivity index (χ1) is 10.7. The predicted octanol–water partition coefficient (Wildman–Crippen LogP) is 2.69. The van der Waals surface area contributed by atoms with Gasteiger partial charge in [0.25, 0.3) is 0 Å². The molecule has 110 valence electrons. The fourth-order valence-electron chi connectivity index (χ4n) is 1.74. The molecule has 0 radical (unpaired) electrons. The standard InChI is InChI=1S/C15H14N6O/c1-10-4-5-12(18-7-10)21-14-13(16)15(20-9-19-14)22-11-3-2-6-17-8-11/h2-9H,16H2,1H3,(H,18,19,20,21). The molecule has 0 fully saturated rings. The second-order valence-corrected chi connectivity index (χ2v) is 4.58. The van der Waals surface area contributed by atoms with Gasteiger partial charge in [-0.1, -0.05) is 6.07 Å². The molecule has 3 N–H and O–H groups in total. The SMILES string of the molecule is Cc1ccc(Nc2ncnc(Oc3cccnc3)c2N)nc1. The zero-order chi connectivity index (χ0) is 15.4. The van der Waals surface area contributed by atoms with E-state index in [4.69, 9.17) is 10.5 Å². The quantitative estimate of drug-likeness (QED) is 0.763. The maximum atomic E-state index is 6.05. The molecule has 0 saturated heterocycles. The minimum Gasteiger partial charge on any atom is -0.435 e. The third-order valence-electron chi connectivity index (χ3n) is 2.85. The molecule has 0 atom stereocenters. The van der Waals surface area contributed by atoms with Gasteiger partial charge in [0, 0.05) is 12.4 Å². The Balaban J connectivity index is 1.84. The number of pyridine rings is 2. The lowest BCUT2D eigenvalue weighted by molar-refractivity contribution is 0.462. The van der Waals surface area contributed by atoms with Crippen LogP contribution >= 0.6 is 0 Å². The number of rotatable bonds is 4. The third kappa shape index (κ3) is 3.09. The molecule has 0 amide bonds. The number of ether oxygens (including phenoxy) is 1. The molecule has 0 aliphatic heterocycles. The first-order valence-electron chi connectivity index (χ1n) is 6.60. The summed E-state index contributed by atoms with van der Waals surface area (Å²) < 4.78 is 5.61. The van der Waals surface area contributed by atoms with Crippen LogP contribution in [0.2, 0.25) is 0 Å². The van der Waals surface area contributed by atoms with Crippen molar-refractivity contribution in [3.05, 3.63) is 54.7 Å². The highest BCUT2D eigenvalue weighted by molar-refractivity contribution is 5.71. The highest BCUT2D eigenvalue weighted by Crippen LogP contribution is 2.30. The lowest BCUT2D eigenvalue weighted by Gasteiger charge is -2.11. The molecule has 0 aliphatic carbocycles. The Morgan fingerprint density at radius 1 is 1.09 bits per heavy atom. The number of hydrogen-bond acceptors (Lipinski definition) is 7. The maximum absolute atomic E-state index is 6.05. The number of nitrogens with two attached hydrogens (primary N) is 1. The van der Waals surface area contributed by atoms with Crippen LogP contribution in [0.5, 0.6) is 11.6 Å². The van der Waals surface area contributed by atoms with Crippen LogP contribution in [-0.2, 0) is 0 Å². The van der Waals surface area contributed by atoms with Crippen molar-refractivity contribution in [1.29, 1.82) is 0 Å². The maximum Gasteiger partial charge on any atom is 0.248 e. The molecule has 0 spiro atoms. The van der Waals surface area contributed by atoms with Gasteiger partial charge < -0.3 is 15.8 Å². The number of nitrogens with one attached hydrogen (secondary N) is 1. The summed E-state index contributed by atoms with van der Waals surface area (Å²) in [5, 5.41) is 3.04. The van der Waals surface area contributed by atoms with Gasteiger partial charge in [-0.25, -0.2) is 9.97 Å². The average Bonchev–Trinajstić information content (AvgIpc) is 2.54. The average molecular weight is 294 g/mol. The number of anilines is 3. The minimum atomic E-state index is 0.262. The summed E-state index contributed by atoms with van der Waals surface area (Å²) in [6.07, 6.45) is 6.37. The van der Waals surface area contributed by atoms with Gasteiger partial charge in [0.2, 0.25) is 5.88 Å². The van der Waals surface area contributed by atoms with Crippen molar-refractivity contribution in [1.82, 2.24) is 19.9 Å². The first-order valence-corrected chi connectivity index (χ1v) is 6.60. The van der Waals surface area contributed by atoms with Crippen molar-refractivity contribution in [2.45, 2.75) is 6.92 Å². The van der Waals surface area contributed by atoms with Gasteiger partial charge in [-0.2, -0.15) is 4.98 Å². The second-order valence-electron chi connectivity index (χ2n) is 4.58. The van der Waals surface area contributed by atoms with Crippen molar-refractivity contribution in [2.75, 3.05) is 11.1 Å². The van der Waals surface area contributed by atoms with Crippen LogP contribution in [0.15, 0.2) is 49.2 Å². The van der Waals surface area contributed by atoms with E-state index in [0.717, 1.165) is 5.56 Å². The van der Waals surface area contributed by atoms with E-state index in [1.54, 1.807) is 30.7 Å². The van der Waals surface area contributed by atoms with Crippen LogP contribution in [0, 0.1) is 6.92 Å². The second kappa shape index (κ2) is 6.04. The summed E-state index contributed by atoms with van der Waals surface area (Å²) in [5.74, 6) is 1.89. The van der Waals surface area contributed by atoms with E-state index in [1.807, 2.05) is 19.1 Å². The topological polar surface area (TPSA) is 98.8 Å². The third-order valence-corrected chi connectivity index (χ3v) is 2.85. The van der Waals surface area contributed by atoms with Crippen molar-refractivity contribution in [2.24, 2.45) is 0 Å². The molecule has 22 heavy (non-hydrogen) atoms. The first kappa shape index (κ1) is 13.7. The van der Waals surface area contributed by atoms with Crippen molar-refractivity contribution in [3.63, 3.8) is 0 Å². The number of nitrogens with zero attached hydrogens (tertiary/aromatic N) is 4. The Bertz CT molecular complexity index is 761. The van der Waals surface area contributed by atoms with Crippen LogP contribution < -0.4 is 15.8 Å². The zero-order valence-electron chi connectivity index (χ0n) is 11.9. The molecular weight excluding hydrogens is 280 g/mol. The van der Waals surface area contributed by atoms with Gasteiger partial charge in [0.05, 0.1) is 6.20 Å². The van der Waals surface area contributed by atoms with E-state index in [1.165, 1.54) is 6.33 Å². The Morgan fingerprint density at radius 2 is 2.00 bits per heavy atom. The molecule has 0 aliphatic rings. The highest BCUT2D eigenvalue weighted by atomic mass is 16.5. The van der Waals surface area contributed by atoms with Gasteiger partial charge in [-0.3, -0.25) is 4.98 Å². The van der Waals surface area contributed by atoms with Crippen molar-refractivity contribution >= 4 is 17.3 Å². The molecule has 0 bridgehead atoms. The molecule has 3 rings (SSSR count). The summed E-state index contributed by atoms with van der Waals surface area (Å²) in [6, 6.07) is 7.32. The monoisotopic (exact) mass is 294 g/mol. The van der Waals surface area contributed by atoms with Gasteiger partial charge >= 0.3 is 0 Å². The predicted molar refractivity (Wildman–Crippen MR) is 83.0 cm³/mol. The Labute approximate surface area is 127 Å². The molecule has 3 aromatic heterocycles. The van der Waals surface area contributed by atoms with Gasteiger partial charge in [0.15, 0.2) is 5.82 Å². The summed E-state index contributed by atoms with van der Waals surface area (Å²) >= 11 is 0. The lowest BCUT2D eigenvalue weighted by Crippen LogP contribution is -2.04. The van der Waals surface area contributed by atoms with Crippen LogP contribution in [0.1, 0.15) is 5.56 Å². The normalized spacial score (nSPS) is 10.2. The van der Waals surface area contributed by atoms with E-state index in [9.17, 15) is 0 Å². The Kier molecular flexibility index (Phi) is 3.78. The van der Waals surface area contributed by atoms with Gasteiger partial charge in [-0.05, 0) is 30.7 Å². The minimum absolute atomic E-state index is 0.262. The van der Waals surface area contributed by atoms with E-state index in [-0.39, 0.29) is 5.88 Å². The van der Waals surface area contributed by atoms with Gasteiger partial charge in [-0.15, -0.1) is 0 Å². The number of nitrogen functional groups attached to an aromatic ring is 1. The van der Waals surface area contributed by atoms with Crippen LogP contribution in [0.25, 0.3) is 0 Å². The molecule has 0 saturated carbocycles. The number of aromatic nitrogens is 4. The van der Waals surface area contributed by atoms with Crippen LogP contribution in [-0.4, -0.2) is 19.9 Å². The van der Waals surface area contributed by atoms with Crippen molar-refractivity contribution < 1.29 is 4.74 Å². The van der Waals surface area contributed by atoms with Crippen LogP contribution in [0.3, 0.4) is 0 Å². The smallest absolute Gasteiger partial charge is 0.248 e. The fourth-order valence-corrected chi connectivity index (χ4v) is 1.74. The summed E-state index contributed by atoms with van der Waals surface area (Å²) in [5.41, 5.74) is 7.42. The summed E-state index contributed by atoms with van der Waals surface area (Å²) in [7, 11) is 0. The molecule has 7 nitrogen and oxygen atoms in total. The van der Waals surface area contributed by atoms with Crippen LogP contribution in [0.4, 0.5) is 17.3 Å². The number of hydrogen-bond donors (Lipinski definition) is 2. The Morgan fingerprint density at radius 3 is 2.73 bits per heavy atom. The Hall–Kier alpha value is -3.22. The molecule has 0 aromatic carbocycles. The van der Waals surface area contributed by atoms with E-state index < -0.39 is 0 Å². The molecule has 7 heteroatoms. The van der Waals surface area contributed by atoms with E-state index in [0.29, 0.717) is 23.1 Å². The summed E-state index contributed by atoms with van der Waals surface area (Å²) in [6.45, 7) is 1.97. The van der Waals surface area contributed by atoms with E-state index in [2.05, 4.69) is 25.3 Å². The zero-order valence-corrected chi connectivity index (χ0v) is 11.9. The molecule has 0 unspecified atom stereocenters. The van der Waals surface area contributed by atoms with Gasteiger partial charge in [0.1, 0.15) is 23.6 Å². The molecule has 3 heterocycles. The lowest BCUT2D eigenvalue weighted by atomic mass is 10.3. The molecular formula is C15H14N6O. The fraction of sp³-hybridized carbons (Fsp3) is 0.0667. The van der Waals surface area contributed by atoms with E-state index >= 15 is 0 Å². The molecule has 3 aromatic rings. The highest BCUT2D eigenvalue weighted by Gasteiger charge is 2.11. The summed E-state index contributed by atoms with van der Waals surface area (Å²) in [4.78, 5) is 16.4. The number of aryl methyl sites for hydroxylation is 1. The van der Waals surface area contributed by atoms with Crippen molar-refractivity contribution in [3.8, 4) is 11.6 Å².